The predicted molar refractivity (Wildman–Crippen MR) is 69.2 cm³/mol. The Balaban J connectivity index is 2.03. The van der Waals surface area contributed by atoms with Gasteiger partial charge in [-0.25, -0.2) is 9.97 Å². The molecule has 1 aromatic carbocycles. The number of imidazole rings is 1. The summed E-state index contributed by atoms with van der Waals surface area (Å²) in [6.45, 7) is 0. The molecule has 0 bridgehead atoms. The number of anilines is 1. The number of rotatable bonds is 3. The maximum Gasteiger partial charge on any atom is 0.248 e. The van der Waals surface area contributed by atoms with Crippen molar-refractivity contribution in [2.45, 2.75) is 0 Å². The Labute approximate surface area is 108 Å². The van der Waals surface area contributed by atoms with E-state index in [4.69, 9.17) is 15.2 Å². The SMILES string of the molecule is COc1ccc(N)c(Oc2ncnc3nc[nH]c23)c1. The average molecular weight is 257 g/mol. The highest BCUT2D eigenvalue weighted by molar-refractivity contribution is 5.75. The molecule has 0 atom stereocenters. The van der Waals surface area contributed by atoms with Crippen LogP contribution < -0.4 is 15.2 Å². The molecule has 0 saturated heterocycles. The summed E-state index contributed by atoms with van der Waals surface area (Å²) in [6, 6.07) is 5.16. The number of aromatic nitrogens is 4. The van der Waals surface area contributed by atoms with Crippen molar-refractivity contribution in [1.82, 2.24) is 19.9 Å². The van der Waals surface area contributed by atoms with Crippen molar-refractivity contribution in [1.29, 1.82) is 0 Å². The van der Waals surface area contributed by atoms with Crippen LogP contribution in [0.1, 0.15) is 0 Å². The second-order valence-electron chi connectivity index (χ2n) is 3.79. The number of hydrogen-bond donors (Lipinski definition) is 2. The molecule has 0 aliphatic heterocycles. The van der Waals surface area contributed by atoms with E-state index in [1.807, 2.05) is 0 Å². The van der Waals surface area contributed by atoms with Crippen LogP contribution in [0.4, 0.5) is 5.69 Å². The summed E-state index contributed by atoms with van der Waals surface area (Å²) in [6.07, 6.45) is 2.91. The Kier molecular flexibility index (Phi) is 2.64. The Hall–Kier alpha value is -2.83. The number of ether oxygens (including phenoxy) is 2. The standard InChI is InChI=1S/C12H11N5O2/c1-18-7-2-3-8(13)9(4-7)19-12-10-11(15-5-14-10)16-6-17-12/h2-6H,13H2,1H3,(H,14,15,16,17). The summed E-state index contributed by atoms with van der Waals surface area (Å²) < 4.78 is 10.8. The lowest BCUT2D eigenvalue weighted by Crippen LogP contribution is -1.96. The van der Waals surface area contributed by atoms with E-state index < -0.39 is 0 Å². The number of nitrogens with zero attached hydrogens (tertiary/aromatic N) is 3. The van der Waals surface area contributed by atoms with Crippen molar-refractivity contribution < 1.29 is 9.47 Å². The number of nitrogen functional groups attached to an aromatic ring is 1. The van der Waals surface area contributed by atoms with Gasteiger partial charge in [0.2, 0.25) is 5.88 Å². The number of benzene rings is 1. The van der Waals surface area contributed by atoms with Crippen LogP contribution in [0.15, 0.2) is 30.9 Å². The zero-order chi connectivity index (χ0) is 13.2. The summed E-state index contributed by atoms with van der Waals surface area (Å²) in [5.74, 6) is 1.48. The molecule has 0 radical (unpaired) electrons. The lowest BCUT2D eigenvalue weighted by atomic mass is 10.3. The Morgan fingerprint density at radius 1 is 1.21 bits per heavy atom. The van der Waals surface area contributed by atoms with E-state index in [9.17, 15) is 0 Å². The van der Waals surface area contributed by atoms with Gasteiger partial charge in [-0.1, -0.05) is 0 Å². The number of aromatic amines is 1. The number of hydrogen-bond acceptors (Lipinski definition) is 6. The minimum Gasteiger partial charge on any atom is -0.497 e. The van der Waals surface area contributed by atoms with Crippen LogP contribution in [0.3, 0.4) is 0 Å². The van der Waals surface area contributed by atoms with Crippen LogP contribution in [0.2, 0.25) is 0 Å². The van der Waals surface area contributed by atoms with Gasteiger partial charge in [0.15, 0.2) is 11.4 Å². The minimum absolute atomic E-state index is 0.363. The minimum atomic E-state index is 0.363. The first-order valence-electron chi connectivity index (χ1n) is 5.53. The molecule has 0 aliphatic carbocycles. The molecule has 96 valence electrons. The summed E-state index contributed by atoms with van der Waals surface area (Å²) in [4.78, 5) is 15.0. The van der Waals surface area contributed by atoms with E-state index in [1.54, 1.807) is 25.3 Å². The van der Waals surface area contributed by atoms with Crippen molar-refractivity contribution in [3.05, 3.63) is 30.9 Å². The maximum atomic E-state index is 5.86. The normalized spacial score (nSPS) is 10.6. The molecule has 3 N–H and O–H groups in total. The third kappa shape index (κ3) is 2.01. The van der Waals surface area contributed by atoms with E-state index in [0.717, 1.165) is 0 Å². The highest BCUT2D eigenvalue weighted by atomic mass is 16.5. The molecule has 0 unspecified atom stereocenters. The topological polar surface area (TPSA) is 98.9 Å². The molecule has 2 aromatic heterocycles. The molecular formula is C12H11N5O2. The van der Waals surface area contributed by atoms with Crippen molar-refractivity contribution >= 4 is 16.9 Å². The summed E-state index contributed by atoms with van der Waals surface area (Å²) in [5.41, 5.74) is 7.50. The molecule has 2 heterocycles. The lowest BCUT2D eigenvalue weighted by molar-refractivity contribution is 0.408. The van der Waals surface area contributed by atoms with Crippen molar-refractivity contribution in [3.8, 4) is 17.4 Å². The van der Waals surface area contributed by atoms with Gasteiger partial charge in [0.05, 0.1) is 19.1 Å². The third-order valence-corrected chi connectivity index (χ3v) is 2.62. The quantitative estimate of drug-likeness (QED) is 0.693. The highest BCUT2D eigenvalue weighted by Gasteiger charge is 2.10. The summed E-state index contributed by atoms with van der Waals surface area (Å²) in [5, 5.41) is 0. The van der Waals surface area contributed by atoms with Crippen LogP contribution in [0.25, 0.3) is 11.2 Å². The van der Waals surface area contributed by atoms with Crippen LogP contribution in [-0.4, -0.2) is 27.0 Å². The van der Waals surface area contributed by atoms with Gasteiger partial charge in [-0.15, -0.1) is 0 Å². The molecule has 7 nitrogen and oxygen atoms in total. The predicted octanol–water partition coefficient (Wildman–Crippen LogP) is 1.74. The third-order valence-electron chi connectivity index (χ3n) is 2.62. The Bertz CT molecular complexity index is 725. The van der Waals surface area contributed by atoms with Crippen LogP contribution >= 0.6 is 0 Å². The van der Waals surface area contributed by atoms with Crippen LogP contribution in [-0.2, 0) is 0 Å². The van der Waals surface area contributed by atoms with Gasteiger partial charge in [0, 0.05) is 6.07 Å². The van der Waals surface area contributed by atoms with Gasteiger partial charge in [-0.3, -0.25) is 0 Å². The fraction of sp³-hybridized carbons (Fsp3) is 0.0833. The first-order chi connectivity index (χ1) is 9.28. The van der Waals surface area contributed by atoms with Gasteiger partial charge in [0.25, 0.3) is 0 Å². The largest absolute Gasteiger partial charge is 0.497 e. The molecule has 0 aliphatic rings. The van der Waals surface area contributed by atoms with E-state index >= 15 is 0 Å². The van der Waals surface area contributed by atoms with Gasteiger partial charge < -0.3 is 20.2 Å². The zero-order valence-corrected chi connectivity index (χ0v) is 10.1. The molecule has 19 heavy (non-hydrogen) atoms. The van der Waals surface area contributed by atoms with E-state index in [2.05, 4.69) is 19.9 Å². The lowest BCUT2D eigenvalue weighted by Gasteiger charge is -2.09. The van der Waals surface area contributed by atoms with E-state index in [0.29, 0.717) is 34.2 Å². The number of H-pyrrole nitrogens is 1. The highest BCUT2D eigenvalue weighted by Crippen LogP contribution is 2.32. The van der Waals surface area contributed by atoms with Crippen molar-refractivity contribution in [3.63, 3.8) is 0 Å². The average Bonchev–Trinajstić information content (AvgIpc) is 2.90. The fourth-order valence-corrected chi connectivity index (χ4v) is 1.65. The van der Waals surface area contributed by atoms with Crippen molar-refractivity contribution in [2.24, 2.45) is 0 Å². The second-order valence-corrected chi connectivity index (χ2v) is 3.79. The molecule has 3 aromatic rings. The van der Waals surface area contributed by atoms with Crippen molar-refractivity contribution in [2.75, 3.05) is 12.8 Å². The van der Waals surface area contributed by atoms with Gasteiger partial charge in [-0.2, -0.15) is 4.98 Å². The molecule has 0 spiro atoms. The van der Waals surface area contributed by atoms with E-state index in [1.165, 1.54) is 12.7 Å². The van der Waals surface area contributed by atoms with Gasteiger partial charge >= 0.3 is 0 Å². The number of nitrogens with one attached hydrogen (secondary N) is 1. The maximum absolute atomic E-state index is 5.86. The molecule has 0 fully saturated rings. The van der Waals surface area contributed by atoms with E-state index in [-0.39, 0.29) is 0 Å². The summed E-state index contributed by atoms with van der Waals surface area (Å²) >= 11 is 0. The number of fused-ring (bicyclic) bond motifs is 1. The van der Waals surface area contributed by atoms with Crippen LogP contribution in [0, 0.1) is 0 Å². The van der Waals surface area contributed by atoms with Gasteiger partial charge in [-0.05, 0) is 12.1 Å². The molecule has 7 heteroatoms. The molecular weight excluding hydrogens is 246 g/mol. The fourth-order valence-electron chi connectivity index (χ4n) is 1.65. The smallest absolute Gasteiger partial charge is 0.248 e. The number of methoxy groups -OCH3 is 1. The zero-order valence-electron chi connectivity index (χ0n) is 10.1. The first-order valence-corrected chi connectivity index (χ1v) is 5.53. The first kappa shape index (κ1) is 11.3. The van der Waals surface area contributed by atoms with Crippen LogP contribution in [0.5, 0.6) is 17.4 Å². The number of nitrogens with two attached hydrogens (primary N) is 1. The Morgan fingerprint density at radius 2 is 2.11 bits per heavy atom. The monoisotopic (exact) mass is 257 g/mol. The van der Waals surface area contributed by atoms with Gasteiger partial charge in [0.1, 0.15) is 17.6 Å². The molecule has 3 rings (SSSR count). The Morgan fingerprint density at radius 3 is 2.95 bits per heavy atom. The summed E-state index contributed by atoms with van der Waals surface area (Å²) in [7, 11) is 1.58. The molecule has 0 amide bonds. The molecule has 0 saturated carbocycles. The second kappa shape index (κ2) is 4.45.